The summed E-state index contributed by atoms with van der Waals surface area (Å²) >= 11 is 0. The molecule has 1 atom stereocenters. The molecule has 0 saturated heterocycles. The molecule has 3 N–H and O–H groups in total. The Morgan fingerprint density at radius 2 is 2.11 bits per heavy atom. The van der Waals surface area contributed by atoms with Crippen LogP contribution in [0.15, 0.2) is 42.6 Å². The first-order valence-electron chi connectivity index (χ1n) is 6.30. The molecule has 0 radical (unpaired) electrons. The number of hydrogen-bond acceptors (Lipinski definition) is 3. The molecule has 0 saturated carbocycles. The van der Waals surface area contributed by atoms with Gasteiger partial charge >= 0.3 is 0 Å². The van der Waals surface area contributed by atoms with Crippen LogP contribution >= 0.6 is 0 Å². The summed E-state index contributed by atoms with van der Waals surface area (Å²) in [6.07, 6.45) is 2.61. The molecule has 1 aromatic heterocycles. The van der Waals surface area contributed by atoms with Gasteiger partial charge in [-0.1, -0.05) is 18.2 Å². The van der Waals surface area contributed by atoms with E-state index in [0.717, 1.165) is 11.4 Å². The third-order valence-corrected chi connectivity index (χ3v) is 2.76. The average molecular weight is 258 g/mol. The van der Waals surface area contributed by atoms with Gasteiger partial charge in [-0.05, 0) is 25.1 Å². The standard InChI is InChI=1S/C14H18N4O/c1-11(15)14(19)16-9-7-12-8-10-18(17-12)13-5-3-2-4-6-13/h2-6,8,10-11H,7,9,15H2,1H3,(H,16,19)/t11-/m1/s1. The van der Waals surface area contributed by atoms with Crippen LogP contribution in [-0.2, 0) is 11.2 Å². The van der Waals surface area contributed by atoms with E-state index in [-0.39, 0.29) is 5.91 Å². The number of aromatic nitrogens is 2. The summed E-state index contributed by atoms with van der Waals surface area (Å²) < 4.78 is 1.82. The highest BCUT2D eigenvalue weighted by atomic mass is 16.2. The Morgan fingerprint density at radius 1 is 1.37 bits per heavy atom. The van der Waals surface area contributed by atoms with Crippen LogP contribution in [0.4, 0.5) is 0 Å². The van der Waals surface area contributed by atoms with Crippen LogP contribution in [-0.4, -0.2) is 28.3 Å². The Morgan fingerprint density at radius 3 is 2.79 bits per heavy atom. The van der Waals surface area contributed by atoms with Crippen molar-refractivity contribution in [2.24, 2.45) is 5.73 Å². The van der Waals surface area contributed by atoms with Gasteiger partial charge in [0.1, 0.15) is 0 Å². The highest BCUT2D eigenvalue weighted by molar-refractivity contribution is 5.80. The van der Waals surface area contributed by atoms with Crippen LogP contribution in [0.25, 0.3) is 5.69 Å². The topological polar surface area (TPSA) is 72.9 Å². The van der Waals surface area contributed by atoms with Crippen molar-refractivity contribution in [2.45, 2.75) is 19.4 Å². The molecule has 0 aliphatic carbocycles. The first kappa shape index (κ1) is 13.3. The van der Waals surface area contributed by atoms with Gasteiger partial charge in [0.05, 0.1) is 17.4 Å². The molecular weight excluding hydrogens is 240 g/mol. The van der Waals surface area contributed by atoms with E-state index in [9.17, 15) is 4.79 Å². The minimum atomic E-state index is -0.470. The molecule has 0 spiro atoms. The van der Waals surface area contributed by atoms with E-state index in [0.29, 0.717) is 13.0 Å². The number of nitrogens with zero attached hydrogens (tertiary/aromatic N) is 2. The number of amides is 1. The lowest BCUT2D eigenvalue weighted by Crippen LogP contribution is -2.39. The summed E-state index contributed by atoms with van der Waals surface area (Å²) in [5.41, 5.74) is 7.42. The lowest BCUT2D eigenvalue weighted by atomic mass is 10.3. The maximum absolute atomic E-state index is 11.3. The lowest BCUT2D eigenvalue weighted by molar-refractivity contribution is -0.121. The van der Waals surface area contributed by atoms with Crippen molar-refractivity contribution in [3.05, 3.63) is 48.3 Å². The SMILES string of the molecule is C[C@@H](N)C(=O)NCCc1ccn(-c2ccccc2)n1. The quantitative estimate of drug-likeness (QED) is 0.836. The van der Waals surface area contributed by atoms with Gasteiger partial charge in [-0.25, -0.2) is 4.68 Å². The third-order valence-electron chi connectivity index (χ3n) is 2.76. The molecule has 5 heteroatoms. The van der Waals surface area contributed by atoms with Crippen molar-refractivity contribution in [2.75, 3.05) is 6.54 Å². The van der Waals surface area contributed by atoms with Crippen molar-refractivity contribution in [1.82, 2.24) is 15.1 Å². The largest absolute Gasteiger partial charge is 0.354 e. The normalized spacial score (nSPS) is 12.1. The van der Waals surface area contributed by atoms with Gasteiger partial charge in [-0.3, -0.25) is 4.79 Å². The van der Waals surface area contributed by atoms with E-state index >= 15 is 0 Å². The zero-order valence-electron chi connectivity index (χ0n) is 10.9. The van der Waals surface area contributed by atoms with E-state index in [1.807, 2.05) is 47.3 Å². The zero-order chi connectivity index (χ0) is 13.7. The minimum Gasteiger partial charge on any atom is -0.354 e. The molecule has 0 aliphatic rings. The number of carbonyl (C=O) groups is 1. The van der Waals surface area contributed by atoms with Crippen LogP contribution < -0.4 is 11.1 Å². The van der Waals surface area contributed by atoms with Crippen LogP contribution in [0.3, 0.4) is 0 Å². The number of rotatable bonds is 5. The second kappa shape index (κ2) is 6.15. The number of benzene rings is 1. The second-order valence-electron chi connectivity index (χ2n) is 4.42. The smallest absolute Gasteiger partial charge is 0.236 e. The summed E-state index contributed by atoms with van der Waals surface area (Å²) in [7, 11) is 0. The minimum absolute atomic E-state index is 0.137. The van der Waals surface area contributed by atoms with E-state index in [1.54, 1.807) is 6.92 Å². The van der Waals surface area contributed by atoms with Crippen LogP contribution in [0, 0.1) is 0 Å². The Balaban J connectivity index is 1.90. The lowest BCUT2D eigenvalue weighted by Gasteiger charge is -2.06. The van der Waals surface area contributed by atoms with Crippen LogP contribution in [0.1, 0.15) is 12.6 Å². The summed E-state index contributed by atoms with van der Waals surface area (Å²) in [5, 5.41) is 7.22. The van der Waals surface area contributed by atoms with Crippen LogP contribution in [0.2, 0.25) is 0 Å². The predicted molar refractivity (Wildman–Crippen MR) is 73.9 cm³/mol. The number of carbonyl (C=O) groups excluding carboxylic acids is 1. The first-order chi connectivity index (χ1) is 9.16. The van der Waals surface area contributed by atoms with Gasteiger partial charge in [-0.2, -0.15) is 5.10 Å². The van der Waals surface area contributed by atoms with Gasteiger partial charge in [0.25, 0.3) is 0 Å². The number of para-hydroxylation sites is 1. The maximum Gasteiger partial charge on any atom is 0.236 e. The van der Waals surface area contributed by atoms with Gasteiger partial charge < -0.3 is 11.1 Å². The Kier molecular flexibility index (Phi) is 4.30. The van der Waals surface area contributed by atoms with E-state index < -0.39 is 6.04 Å². The summed E-state index contributed by atoms with van der Waals surface area (Å²) in [6.45, 7) is 2.21. The van der Waals surface area contributed by atoms with E-state index in [2.05, 4.69) is 10.4 Å². The second-order valence-corrected chi connectivity index (χ2v) is 4.42. The molecule has 2 rings (SSSR count). The van der Waals surface area contributed by atoms with E-state index in [4.69, 9.17) is 5.73 Å². The molecular formula is C14H18N4O. The molecule has 1 amide bonds. The number of nitrogens with two attached hydrogens (primary N) is 1. The third kappa shape index (κ3) is 3.66. The van der Waals surface area contributed by atoms with Crippen molar-refractivity contribution in [1.29, 1.82) is 0 Å². The first-order valence-corrected chi connectivity index (χ1v) is 6.30. The van der Waals surface area contributed by atoms with Gasteiger partial charge in [0.2, 0.25) is 5.91 Å². The summed E-state index contributed by atoms with van der Waals surface area (Å²) in [5.74, 6) is -0.137. The fourth-order valence-corrected chi connectivity index (χ4v) is 1.69. The molecule has 19 heavy (non-hydrogen) atoms. The Bertz CT molecular complexity index is 533. The predicted octanol–water partition coefficient (Wildman–Crippen LogP) is 0.878. The molecule has 2 aromatic rings. The molecule has 0 aliphatic heterocycles. The van der Waals surface area contributed by atoms with Crippen molar-refractivity contribution in [3.8, 4) is 5.69 Å². The van der Waals surface area contributed by atoms with Crippen molar-refractivity contribution >= 4 is 5.91 Å². The molecule has 100 valence electrons. The van der Waals surface area contributed by atoms with Gasteiger partial charge in [0.15, 0.2) is 0 Å². The molecule has 1 heterocycles. The number of hydrogen-bond donors (Lipinski definition) is 2. The summed E-state index contributed by atoms with van der Waals surface area (Å²) in [6, 6.07) is 11.4. The van der Waals surface area contributed by atoms with Crippen molar-refractivity contribution < 1.29 is 4.79 Å². The Labute approximate surface area is 112 Å². The molecule has 0 unspecified atom stereocenters. The van der Waals surface area contributed by atoms with Gasteiger partial charge in [0, 0.05) is 19.2 Å². The molecule has 0 fully saturated rings. The maximum atomic E-state index is 11.3. The fourth-order valence-electron chi connectivity index (χ4n) is 1.69. The van der Waals surface area contributed by atoms with Crippen molar-refractivity contribution in [3.63, 3.8) is 0 Å². The van der Waals surface area contributed by atoms with E-state index in [1.165, 1.54) is 0 Å². The monoisotopic (exact) mass is 258 g/mol. The molecule has 1 aromatic carbocycles. The summed E-state index contributed by atoms with van der Waals surface area (Å²) in [4.78, 5) is 11.3. The average Bonchev–Trinajstić information content (AvgIpc) is 2.88. The fraction of sp³-hybridized carbons (Fsp3) is 0.286. The van der Waals surface area contributed by atoms with Gasteiger partial charge in [-0.15, -0.1) is 0 Å². The molecule has 5 nitrogen and oxygen atoms in total. The Hall–Kier alpha value is -2.14. The molecule has 0 bridgehead atoms. The van der Waals surface area contributed by atoms with Crippen LogP contribution in [0.5, 0.6) is 0 Å². The number of nitrogens with one attached hydrogen (secondary N) is 1. The highest BCUT2D eigenvalue weighted by Crippen LogP contribution is 2.06. The highest BCUT2D eigenvalue weighted by Gasteiger charge is 2.06. The zero-order valence-corrected chi connectivity index (χ0v) is 10.9.